The van der Waals surface area contributed by atoms with E-state index in [-0.39, 0.29) is 0 Å². The highest BCUT2D eigenvalue weighted by molar-refractivity contribution is 8.00. The third kappa shape index (κ3) is 3.90. The Hall–Kier alpha value is -1.96. The molecule has 0 aliphatic carbocycles. The van der Waals surface area contributed by atoms with E-state index in [0.29, 0.717) is 29.7 Å². The summed E-state index contributed by atoms with van der Waals surface area (Å²) in [6.07, 6.45) is 0. The fraction of sp³-hybridized carbons (Fsp3) is 0.222. The highest BCUT2D eigenvalue weighted by atomic mass is 35.5. The van der Waals surface area contributed by atoms with Gasteiger partial charge in [0.15, 0.2) is 15.8 Å². The van der Waals surface area contributed by atoms with E-state index < -0.39 is 0 Å². The van der Waals surface area contributed by atoms with Gasteiger partial charge in [-0.15, -0.1) is 10.2 Å². The molecule has 0 bridgehead atoms. The number of halogens is 1. The van der Waals surface area contributed by atoms with Crippen LogP contribution in [-0.2, 0) is 5.75 Å². The molecule has 0 amide bonds. The van der Waals surface area contributed by atoms with Crippen LogP contribution in [0, 0.1) is 6.92 Å². The zero-order chi connectivity index (χ0) is 17.9. The second kappa shape index (κ2) is 7.73. The van der Waals surface area contributed by atoms with E-state index in [4.69, 9.17) is 21.1 Å². The van der Waals surface area contributed by atoms with E-state index in [2.05, 4.69) is 28.5 Å². The first-order valence-electron chi connectivity index (χ1n) is 8.06. The molecule has 0 unspecified atom stereocenters. The number of nitrogens with one attached hydrogen (secondary N) is 1. The Labute approximate surface area is 164 Å². The molecule has 134 valence electrons. The smallest absolute Gasteiger partial charge is 0.210 e. The number of fused-ring (bicyclic) bond motifs is 1. The Morgan fingerprint density at radius 2 is 2.04 bits per heavy atom. The zero-order valence-corrected chi connectivity index (χ0v) is 16.4. The van der Waals surface area contributed by atoms with Crippen LogP contribution in [0.15, 0.2) is 40.7 Å². The number of benzene rings is 2. The molecule has 1 aliphatic heterocycles. The number of anilines is 2. The molecule has 2 heterocycles. The maximum atomic E-state index is 6.29. The van der Waals surface area contributed by atoms with Gasteiger partial charge in [0.25, 0.3) is 0 Å². The lowest BCUT2D eigenvalue weighted by Crippen LogP contribution is -2.15. The summed E-state index contributed by atoms with van der Waals surface area (Å²) in [7, 11) is 0. The first kappa shape index (κ1) is 17.5. The van der Waals surface area contributed by atoms with E-state index >= 15 is 0 Å². The molecule has 0 saturated heterocycles. The normalized spacial score (nSPS) is 12.8. The van der Waals surface area contributed by atoms with Gasteiger partial charge in [-0.1, -0.05) is 52.9 Å². The lowest BCUT2D eigenvalue weighted by Gasteiger charge is -2.20. The Morgan fingerprint density at radius 3 is 2.92 bits per heavy atom. The summed E-state index contributed by atoms with van der Waals surface area (Å²) in [5.74, 6) is 2.07. The summed E-state index contributed by atoms with van der Waals surface area (Å²) >= 11 is 9.44. The highest BCUT2D eigenvalue weighted by Crippen LogP contribution is 2.40. The van der Waals surface area contributed by atoms with E-state index in [1.807, 2.05) is 30.3 Å². The molecule has 3 aromatic rings. The second-order valence-corrected chi connectivity index (χ2v) is 8.31. The minimum absolute atomic E-state index is 0.530. The van der Waals surface area contributed by atoms with Gasteiger partial charge in [-0.05, 0) is 36.2 Å². The van der Waals surface area contributed by atoms with Gasteiger partial charge in [0, 0.05) is 11.4 Å². The van der Waals surface area contributed by atoms with Crippen LogP contribution in [0.2, 0.25) is 5.02 Å². The Kier molecular flexibility index (Phi) is 5.19. The fourth-order valence-corrected chi connectivity index (χ4v) is 4.52. The van der Waals surface area contributed by atoms with Crippen molar-refractivity contribution in [3.05, 3.63) is 52.5 Å². The van der Waals surface area contributed by atoms with Gasteiger partial charge in [0.2, 0.25) is 5.13 Å². The third-order valence-electron chi connectivity index (χ3n) is 3.81. The SMILES string of the molecule is Cc1ccccc1Nc1nnc(SCc2cc(Cl)c3c(c2)OCCO3)s1. The molecule has 0 saturated carbocycles. The molecule has 26 heavy (non-hydrogen) atoms. The number of aryl methyl sites for hydroxylation is 1. The van der Waals surface area contributed by atoms with Crippen LogP contribution in [0.25, 0.3) is 0 Å². The Bertz CT molecular complexity index is 933. The van der Waals surface area contributed by atoms with Crippen molar-refractivity contribution in [2.45, 2.75) is 17.0 Å². The maximum absolute atomic E-state index is 6.29. The predicted octanol–water partition coefficient (Wildman–Crippen LogP) is 5.31. The average Bonchev–Trinajstić information content (AvgIpc) is 3.10. The standard InChI is InChI=1S/C18H16ClN3O2S2/c1-11-4-2-3-5-14(11)20-17-21-22-18(26-17)25-10-12-8-13(19)16-15(9-12)23-6-7-24-16/h2-5,8-9H,6-7,10H2,1H3,(H,20,21). The summed E-state index contributed by atoms with van der Waals surface area (Å²) in [6.45, 7) is 3.14. The number of para-hydroxylation sites is 1. The monoisotopic (exact) mass is 405 g/mol. The molecule has 1 aromatic heterocycles. The number of rotatable bonds is 5. The van der Waals surface area contributed by atoms with Crippen molar-refractivity contribution in [3.8, 4) is 11.5 Å². The van der Waals surface area contributed by atoms with Crippen molar-refractivity contribution in [1.29, 1.82) is 0 Å². The molecule has 1 N–H and O–H groups in total. The van der Waals surface area contributed by atoms with Gasteiger partial charge in [0.1, 0.15) is 13.2 Å². The minimum Gasteiger partial charge on any atom is -0.486 e. The van der Waals surface area contributed by atoms with Crippen LogP contribution in [0.5, 0.6) is 11.5 Å². The van der Waals surface area contributed by atoms with Crippen molar-refractivity contribution in [1.82, 2.24) is 10.2 Å². The quantitative estimate of drug-likeness (QED) is 0.581. The number of ether oxygens (including phenoxy) is 2. The van der Waals surface area contributed by atoms with Crippen molar-refractivity contribution >= 4 is 45.5 Å². The molecule has 5 nitrogen and oxygen atoms in total. The lowest BCUT2D eigenvalue weighted by molar-refractivity contribution is 0.171. The number of nitrogens with zero attached hydrogens (tertiary/aromatic N) is 2. The molecular weight excluding hydrogens is 390 g/mol. The summed E-state index contributed by atoms with van der Waals surface area (Å²) in [5.41, 5.74) is 3.27. The van der Waals surface area contributed by atoms with E-state index in [1.54, 1.807) is 11.8 Å². The van der Waals surface area contributed by atoms with Crippen LogP contribution in [-0.4, -0.2) is 23.4 Å². The first-order valence-corrected chi connectivity index (χ1v) is 10.2. The van der Waals surface area contributed by atoms with E-state index in [9.17, 15) is 0 Å². The van der Waals surface area contributed by atoms with Gasteiger partial charge in [-0.25, -0.2) is 0 Å². The molecule has 2 aromatic carbocycles. The van der Waals surface area contributed by atoms with Crippen molar-refractivity contribution in [2.75, 3.05) is 18.5 Å². The summed E-state index contributed by atoms with van der Waals surface area (Å²) in [6, 6.07) is 12.0. The first-order chi connectivity index (χ1) is 12.7. The van der Waals surface area contributed by atoms with Crippen molar-refractivity contribution in [3.63, 3.8) is 0 Å². The van der Waals surface area contributed by atoms with Crippen LogP contribution in [0.4, 0.5) is 10.8 Å². The van der Waals surface area contributed by atoms with Gasteiger partial charge >= 0.3 is 0 Å². The van der Waals surface area contributed by atoms with Crippen molar-refractivity contribution < 1.29 is 9.47 Å². The second-order valence-electron chi connectivity index (χ2n) is 5.70. The maximum Gasteiger partial charge on any atom is 0.210 e. The van der Waals surface area contributed by atoms with E-state index in [1.165, 1.54) is 16.9 Å². The Balaban J connectivity index is 1.42. The average molecular weight is 406 g/mol. The zero-order valence-electron chi connectivity index (χ0n) is 14.0. The summed E-state index contributed by atoms with van der Waals surface area (Å²) in [5, 5.41) is 13.1. The topological polar surface area (TPSA) is 56.3 Å². The summed E-state index contributed by atoms with van der Waals surface area (Å²) in [4.78, 5) is 0. The van der Waals surface area contributed by atoms with Crippen molar-refractivity contribution in [2.24, 2.45) is 0 Å². The molecule has 0 fully saturated rings. The number of hydrogen-bond donors (Lipinski definition) is 1. The van der Waals surface area contributed by atoms with Crippen LogP contribution >= 0.6 is 34.7 Å². The van der Waals surface area contributed by atoms with E-state index in [0.717, 1.165) is 26.5 Å². The number of hydrogen-bond acceptors (Lipinski definition) is 7. The molecule has 0 spiro atoms. The number of aromatic nitrogens is 2. The molecule has 0 radical (unpaired) electrons. The lowest BCUT2D eigenvalue weighted by atomic mass is 10.2. The predicted molar refractivity (Wildman–Crippen MR) is 106 cm³/mol. The largest absolute Gasteiger partial charge is 0.486 e. The molecule has 4 rings (SSSR count). The van der Waals surface area contributed by atoms with Crippen LogP contribution < -0.4 is 14.8 Å². The minimum atomic E-state index is 0.530. The van der Waals surface area contributed by atoms with Crippen LogP contribution in [0.3, 0.4) is 0 Å². The fourth-order valence-electron chi connectivity index (χ4n) is 2.54. The molecule has 1 aliphatic rings. The Morgan fingerprint density at radius 1 is 1.19 bits per heavy atom. The van der Waals surface area contributed by atoms with Crippen LogP contribution in [0.1, 0.15) is 11.1 Å². The van der Waals surface area contributed by atoms with Gasteiger partial charge in [-0.3, -0.25) is 0 Å². The number of thioether (sulfide) groups is 1. The molecule has 0 atom stereocenters. The third-order valence-corrected chi connectivity index (χ3v) is 6.14. The van der Waals surface area contributed by atoms with Gasteiger partial charge in [-0.2, -0.15) is 0 Å². The molecule has 8 heteroatoms. The molecular formula is C18H16ClN3O2S2. The summed E-state index contributed by atoms with van der Waals surface area (Å²) < 4.78 is 12.1. The van der Waals surface area contributed by atoms with Gasteiger partial charge < -0.3 is 14.8 Å². The highest BCUT2D eigenvalue weighted by Gasteiger charge is 2.17. The van der Waals surface area contributed by atoms with Gasteiger partial charge in [0.05, 0.1) is 5.02 Å².